The highest BCUT2D eigenvalue weighted by molar-refractivity contribution is 14.1. The Labute approximate surface area is 515 Å². The monoisotopic (exact) mass is 1260 g/mol. The molecule has 0 radical (unpaired) electrons. The van der Waals surface area contributed by atoms with Gasteiger partial charge in [-0.2, -0.15) is 0 Å². The molecule has 0 unspecified atom stereocenters. The quantitative estimate of drug-likeness (QED) is 0.0220. The van der Waals surface area contributed by atoms with Gasteiger partial charge in [0.25, 0.3) is 0 Å². The van der Waals surface area contributed by atoms with Gasteiger partial charge in [-0.3, -0.25) is 0 Å². The van der Waals surface area contributed by atoms with Gasteiger partial charge < -0.3 is 4.74 Å². The van der Waals surface area contributed by atoms with Crippen LogP contribution in [0.15, 0.2) is 54.6 Å². The Bertz CT molecular complexity index is 2280. The van der Waals surface area contributed by atoms with Crippen molar-refractivity contribution in [2.24, 2.45) is 0 Å². The van der Waals surface area contributed by atoms with Crippen molar-refractivity contribution < 1.29 is 9.53 Å². The fourth-order valence-corrected chi connectivity index (χ4v) is 17.5. The second-order valence-electron chi connectivity index (χ2n) is 23.6. The molecule has 0 fully saturated rings. The van der Waals surface area contributed by atoms with Gasteiger partial charge in [-0.25, -0.2) is 4.79 Å². The molecular weight excluding hydrogens is 1150 g/mol. The third kappa shape index (κ3) is 27.7. The molecule has 0 amide bonds. The Kier molecular flexibility index (Phi) is 37.7. The first-order valence-corrected chi connectivity index (χ1v) is 37.7. The Morgan fingerprint density at radius 3 is 1.01 bits per heavy atom. The van der Waals surface area contributed by atoms with Gasteiger partial charge in [0.1, 0.15) is 11.5 Å². The maximum atomic E-state index is 14.3. The maximum Gasteiger partial charge on any atom is 0.348 e. The summed E-state index contributed by atoms with van der Waals surface area (Å²) in [6.45, 7) is 9.56. The van der Waals surface area contributed by atoms with Crippen LogP contribution in [0.1, 0.15) is 322 Å². The van der Waals surface area contributed by atoms with Crippen molar-refractivity contribution in [1.29, 1.82) is 0 Å². The number of aryl methyl sites for hydroxylation is 4. The van der Waals surface area contributed by atoms with Crippen LogP contribution in [-0.2, 0) is 37.0 Å². The van der Waals surface area contributed by atoms with Gasteiger partial charge in [-0.15, -0.1) is 45.3 Å². The third-order valence-electron chi connectivity index (χ3n) is 16.5. The van der Waals surface area contributed by atoms with E-state index in [-0.39, 0.29) is 5.97 Å². The van der Waals surface area contributed by atoms with Gasteiger partial charge in [-0.05, 0) is 126 Å². The lowest BCUT2D eigenvalue weighted by atomic mass is 10.0. The Balaban J connectivity index is 1.41. The third-order valence-corrected chi connectivity index (χ3v) is 22.5. The highest BCUT2D eigenvalue weighted by atomic mass is 127. The molecular formula is C72H111IO2S4. The molecule has 0 spiro atoms. The van der Waals surface area contributed by atoms with E-state index in [2.05, 4.69) is 98.0 Å². The zero-order valence-corrected chi connectivity index (χ0v) is 56.3. The molecule has 442 valence electrons. The van der Waals surface area contributed by atoms with Crippen LogP contribution in [0.2, 0.25) is 0 Å². The zero-order valence-electron chi connectivity index (χ0n) is 50.8. The average molecular weight is 1260 g/mol. The van der Waals surface area contributed by atoms with E-state index in [9.17, 15) is 4.79 Å². The first kappa shape index (κ1) is 68.0. The minimum atomic E-state index is -0.156. The zero-order chi connectivity index (χ0) is 55.8. The highest BCUT2D eigenvalue weighted by Crippen LogP contribution is 2.49. The number of hydrogen-bond donors (Lipinski definition) is 0. The molecule has 5 aromatic rings. The first-order valence-electron chi connectivity index (χ1n) is 33.3. The number of halogens is 1. The minimum absolute atomic E-state index is 0.156. The smallest absolute Gasteiger partial charge is 0.348 e. The first-order chi connectivity index (χ1) is 38.9. The molecule has 0 aliphatic rings. The van der Waals surface area contributed by atoms with Crippen LogP contribution in [0.3, 0.4) is 0 Å². The van der Waals surface area contributed by atoms with Gasteiger partial charge in [0.05, 0.1) is 2.88 Å². The lowest BCUT2D eigenvalue weighted by molar-refractivity contribution is 0.0477. The fourth-order valence-electron chi connectivity index (χ4n) is 11.6. The molecule has 0 saturated carbocycles. The van der Waals surface area contributed by atoms with Crippen molar-refractivity contribution in [1.82, 2.24) is 0 Å². The molecule has 0 atom stereocenters. The summed E-state index contributed by atoms with van der Waals surface area (Å²) in [4.78, 5) is 23.7. The van der Waals surface area contributed by atoms with Crippen LogP contribution >= 0.6 is 67.9 Å². The molecule has 1 aromatic carbocycles. The van der Waals surface area contributed by atoms with E-state index in [0.717, 1.165) is 36.1 Å². The van der Waals surface area contributed by atoms with E-state index in [1.165, 1.54) is 300 Å². The van der Waals surface area contributed by atoms with Gasteiger partial charge in [0.2, 0.25) is 0 Å². The molecule has 2 nitrogen and oxygen atoms in total. The summed E-state index contributed by atoms with van der Waals surface area (Å²) in [6.07, 6.45) is 58.4. The number of thiophene rings is 4. The van der Waals surface area contributed by atoms with E-state index in [0.29, 0.717) is 6.61 Å². The second-order valence-corrected chi connectivity index (χ2v) is 29.7. The molecule has 0 N–H and O–H groups in total. The largest absolute Gasteiger partial charge is 0.457 e. The van der Waals surface area contributed by atoms with E-state index < -0.39 is 0 Å². The van der Waals surface area contributed by atoms with Gasteiger partial charge in [0.15, 0.2) is 0 Å². The van der Waals surface area contributed by atoms with Crippen molar-refractivity contribution in [3.8, 4) is 29.3 Å². The standard InChI is InChI=1S/C72H111IO2S4/c1-5-9-13-17-21-25-29-33-37-44-50-60-54-64(76-69(60)65-56-62(52-46-39-35-31-27-23-19-15-11-7-3)71(78-65)72(74)75-58-59-48-42-41-43-49-59)68-61(51-45-38-34-30-26-22-18-14-10-6-2)55-66(77-68)70-63(57-67(73)79-70)53-47-40-36-32-28-24-20-16-12-8-4/h41-43,48-49,54-57H,5-40,44-47,50-53,58H2,1-4H3. The molecule has 0 saturated heterocycles. The van der Waals surface area contributed by atoms with Crippen molar-refractivity contribution in [3.63, 3.8) is 0 Å². The summed E-state index contributed by atoms with van der Waals surface area (Å²) in [7, 11) is 0. The Morgan fingerprint density at radius 2 is 0.646 bits per heavy atom. The van der Waals surface area contributed by atoms with Crippen molar-refractivity contribution in [3.05, 3.63) is 90.2 Å². The lowest BCUT2D eigenvalue weighted by Gasteiger charge is -2.06. The van der Waals surface area contributed by atoms with Gasteiger partial charge >= 0.3 is 5.97 Å². The van der Waals surface area contributed by atoms with Crippen LogP contribution in [0, 0.1) is 2.88 Å². The number of esters is 1. The molecule has 79 heavy (non-hydrogen) atoms. The van der Waals surface area contributed by atoms with E-state index in [4.69, 9.17) is 4.74 Å². The van der Waals surface area contributed by atoms with Gasteiger partial charge in [-0.1, -0.05) is 289 Å². The van der Waals surface area contributed by atoms with Gasteiger partial charge in [0, 0.05) is 29.3 Å². The van der Waals surface area contributed by atoms with E-state index in [1.54, 1.807) is 22.5 Å². The number of benzene rings is 1. The molecule has 7 heteroatoms. The summed E-state index contributed by atoms with van der Waals surface area (Å²) in [5.41, 5.74) is 6.85. The Hall–Kier alpha value is -1.78. The van der Waals surface area contributed by atoms with Crippen molar-refractivity contribution in [2.75, 3.05) is 0 Å². The molecule has 5 rings (SSSR count). The number of rotatable bonds is 50. The number of ether oxygens (including phenoxy) is 1. The maximum absolute atomic E-state index is 14.3. The van der Waals surface area contributed by atoms with E-state index in [1.807, 2.05) is 40.9 Å². The minimum Gasteiger partial charge on any atom is -0.457 e. The molecule has 0 bridgehead atoms. The highest BCUT2D eigenvalue weighted by Gasteiger charge is 2.24. The average Bonchev–Trinajstić information content (AvgIpc) is 4.41. The fraction of sp³-hybridized carbons (Fsp3) is 0.681. The summed E-state index contributed by atoms with van der Waals surface area (Å²) >= 11 is 10.4. The molecule has 4 heterocycles. The van der Waals surface area contributed by atoms with Crippen molar-refractivity contribution >= 4 is 73.9 Å². The second kappa shape index (κ2) is 43.8. The SMILES string of the molecule is CCCCCCCCCCCCc1cc(-c2sc(-c3sc(-c4sc(I)cc4CCCCCCCCCCCC)cc3CCCCCCCCCCCC)cc2CCCCCCCCCCCC)sc1C(=O)OCc1ccccc1. The van der Waals surface area contributed by atoms with Crippen LogP contribution in [0.25, 0.3) is 29.3 Å². The number of unbranched alkanes of at least 4 members (excludes halogenated alkanes) is 36. The van der Waals surface area contributed by atoms with Crippen LogP contribution in [0.5, 0.6) is 0 Å². The summed E-state index contributed by atoms with van der Waals surface area (Å²) < 4.78 is 7.56. The predicted molar refractivity (Wildman–Crippen MR) is 365 cm³/mol. The molecule has 4 aromatic heterocycles. The number of carbonyl (C=O) groups is 1. The molecule has 0 aliphatic carbocycles. The summed E-state index contributed by atoms with van der Waals surface area (Å²) in [5.74, 6) is -0.156. The normalized spacial score (nSPS) is 11.7. The van der Waals surface area contributed by atoms with E-state index >= 15 is 0 Å². The topological polar surface area (TPSA) is 26.3 Å². The number of hydrogen-bond acceptors (Lipinski definition) is 6. The molecule has 0 aliphatic heterocycles. The van der Waals surface area contributed by atoms with Crippen LogP contribution in [0.4, 0.5) is 0 Å². The lowest BCUT2D eigenvalue weighted by Crippen LogP contribution is -2.05. The summed E-state index contributed by atoms with van der Waals surface area (Å²) in [5, 5.41) is 0. The Morgan fingerprint density at radius 1 is 0.354 bits per heavy atom. The summed E-state index contributed by atoms with van der Waals surface area (Å²) in [6, 6.07) is 20.4. The predicted octanol–water partition coefficient (Wildman–Crippen LogP) is 26.7. The van der Waals surface area contributed by atoms with Crippen molar-refractivity contribution in [2.45, 2.75) is 317 Å². The van der Waals surface area contributed by atoms with Crippen LogP contribution < -0.4 is 0 Å². The number of carbonyl (C=O) groups excluding carboxylic acids is 1. The van der Waals surface area contributed by atoms with Crippen LogP contribution in [-0.4, -0.2) is 5.97 Å².